The van der Waals surface area contributed by atoms with Crippen molar-refractivity contribution in [1.29, 1.82) is 5.26 Å². The van der Waals surface area contributed by atoms with E-state index in [2.05, 4.69) is 10.3 Å². The number of benzene rings is 2. The van der Waals surface area contributed by atoms with Gasteiger partial charge in [-0.2, -0.15) is 10.2 Å². The zero-order chi connectivity index (χ0) is 16.9. The molecule has 0 amide bonds. The fourth-order valence-electron chi connectivity index (χ4n) is 2.14. The molecule has 24 heavy (non-hydrogen) atoms. The molecule has 7 nitrogen and oxygen atoms in total. The molecule has 0 saturated heterocycles. The zero-order valence-corrected chi connectivity index (χ0v) is 12.5. The summed E-state index contributed by atoms with van der Waals surface area (Å²) in [5.41, 5.74) is 1.71. The van der Waals surface area contributed by atoms with E-state index in [9.17, 15) is 15.4 Å². The smallest absolute Gasteiger partial charge is 0.269 e. The Bertz CT molecular complexity index is 896. The number of nitro groups is 1. The summed E-state index contributed by atoms with van der Waals surface area (Å²) in [6.07, 6.45) is 0. The van der Waals surface area contributed by atoms with E-state index in [1.54, 1.807) is 0 Å². The number of hydrogen-bond acceptors (Lipinski definition) is 6. The largest absolute Gasteiger partial charge is 0.419 e. The Morgan fingerprint density at radius 3 is 2.50 bits per heavy atom. The van der Waals surface area contributed by atoms with Crippen LogP contribution in [0.4, 0.5) is 11.6 Å². The number of hydrogen-bond donors (Lipinski definition) is 1. The molecule has 0 aliphatic heterocycles. The van der Waals surface area contributed by atoms with Gasteiger partial charge in [0, 0.05) is 24.2 Å². The number of nitriles is 1. The summed E-state index contributed by atoms with van der Waals surface area (Å²) in [5, 5.41) is 22.9. The Balaban J connectivity index is 1.82. The van der Waals surface area contributed by atoms with Crippen molar-refractivity contribution < 1.29 is 9.34 Å². The van der Waals surface area contributed by atoms with E-state index < -0.39 is 4.92 Å². The van der Waals surface area contributed by atoms with Crippen LogP contribution in [0.3, 0.4) is 0 Å². The summed E-state index contributed by atoms with van der Waals surface area (Å²) in [6.45, 7) is 0.490. The van der Waals surface area contributed by atoms with E-state index in [1.165, 1.54) is 24.3 Å². The van der Waals surface area contributed by atoms with Gasteiger partial charge in [-0.15, -0.1) is 0 Å². The molecule has 0 saturated carbocycles. The van der Waals surface area contributed by atoms with Crippen LogP contribution in [0.5, 0.6) is 0 Å². The predicted octanol–water partition coefficient (Wildman–Crippen LogP) is 3.73. The van der Waals surface area contributed by atoms with E-state index in [1.807, 2.05) is 36.4 Å². The molecule has 0 bridgehead atoms. The van der Waals surface area contributed by atoms with Crippen LogP contribution in [-0.4, -0.2) is 9.91 Å². The number of nitrogens with one attached hydrogen (secondary N) is 1. The highest BCUT2D eigenvalue weighted by Gasteiger charge is 2.15. The monoisotopic (exact) mass is 320 g/mol. The third-order valence-corrected chi connectivity index (χ3v) is 3.35. The van der Waals surface area contributed by atoms with Gasteiger partial charge in [-0.1, -0.05) is 30.3 Å². The van der Waals surface area contributed by atoms with Gasteiger partial charge < -0.3 is 9.73 Å². The molecule has 118 valence electrons. The van der Waals surface area contributed by atoms with Gasteiger partial charge in [0.1, 0.15) is 6.07 Å². The maximum atomic E-state index is 10.7. The summed E-state index contributed by atoms with van der Waals surface area (Å²) in [5.74, 6) is 0.506. The van der Waals surface area contributed by atoms with Crippen LogP contribution in [0.15, 0.2) is 59.0 Å². The molecule has 1 aromatic heterocycles. The molecule has 0 radical (unpaired) electrons. The molecule has 3 aromatic rings. The quantitative estimate of drug-likeness (QED) is 0.567. The Morgan fingerprint density at radius 2 is 1.88 bits per heavy atom. The molecule has 0 fully saturated rings. The number of non-ortho nitro benzene ring substituents is 1. The normalized spacial score (nSPS) is 10.1. The summed E-state index contributed by atoms with van der Waals surface area (Å²) in [7, 11) is 0. The second-order valence-electron chi connectivity index (χ2n) is 4.95. The van der Waals surface area contributed by atoms with Gasteiger partial charge in [0.25, 0.3) is 5.69 Å². The van der Waals surface area contributed by atoms with Crippen molar-refractivity contribution in [2.24, 2.45) is 0 Å². The van der Waals surface area contributed by atoms with Gasteiger partial charge in [0.2, 0.25) is 17.5 Å². The fourth-order valence-corrected chi connectivity index (χ4v) is 2.14. The first-order valence-corrected chi connectivity index (χ1v) is 7.11. The minimum atomic E-state index is -0.479. The van der Waals surface area contributed by atoms with Crippen LogP contribution in [0.2, 0.25) is 0 Å². The topological polar surface area (TPSA) is 105 Å². The van der Waals surface area contributed by atoms with E-state index in [0.717, 1.165) is 5.56 Å². The molecule has 0 aliphatic carbocycles. The minimum Gasteiger partial charge on any atom is -0.419 e. The average Bonchev–Trinajstić information content (AvgIpc) is 3.04. The number of nitro benzene ring substituents is 1. The molecule has 0 atom stereocenters. The minimum absolute atomic E-state index is 0.0201. The SMILES string of the molecule is N#Cc1nc(-c2ccc([N+](=O)[O-])cc2)oc1NCc1ccccc1. The number of aromatic nitrogens is 1. The molecule has 1 heterocycles. The van der Waals surface area contributed by atoms with Crippen LogP contribution in [-0.2, 0) is 6.54 Å². The Kier molecular flexibility index (Phi) is 4.21. The highest BCUT2D eigenvalue weighted by atomic mass is 16.6. The maximum Gasteiger partial charge on any atom is 0.269 e. The van der Waals surface area contributed by atoms with Crippen molar-refractivity contribution in [3.05, 3.63) is 76.0 Å². The van der Waals surface area contributed by atoms with Crippen LogP contribution >= 0.6 is 0 Å². The maximum absolute atomic E-state index is 10.7. The molecule has 2 aromatic carbocycles. The Hall–Kier alpha value is -3.66. The molecular formula is C17H12N4O3. The number of oxazole rings is 1. The van der Waals surface area contributed by atoms with Gasteiger partial charge in [-0.3, -0.25) is 10.1 Å². The molecule has 0 aliphatic rings. The Labute approximate surface area is 137 Å². The van der Waals surface area contributed by atoms with Crippen LogP contribution < -0.4 is 5.32 Å². The van der Waals surface area contributed by atoms with Crippen molar-refractivity contribution in [3.8, 4) is 17.5 Å². The number of anilines is 1. The molecule has 0 unspecified atom stereocenters. The summed E-state index contributed by atoms with van der Waals surface area (Å²) in [4.78, 5) is 14.3. The molecular weight excluding hydrogens is 308 g/mol. The number of rotatable bonds is 5. The van der Waals surface area contributed by atoms with Crippen LogP contribution in [0.1, 0.15) is 11.3 Å². The van der Waals surface area contributed by atoms with Crippen LogP contribution in [0.25, 0.3) is 11.5 Å². The van der Waals surface area contributed by atoms with Gasteiger partial charge in [0.15, 0.2) is 0 Å². The Morgan fingerprint density at radius 1 is 1.17 bits per heavy atom. The third kappa shape index (κ3) is 3.23. The first kappa shape index (κ1) is 15.2. The lowest BCUT2D eigenvalue weighted by Gasteiger charge is -2.02. The summed E-state index contributed by atoms with van der Waals surface area (Å²) >= 11 is 0. The van der Waals surface area contributed by atoms with Crippen molar-refractivity contribution in [2.45, 2.75) is 6.54 Å². The molecule has 0 spiro atoms. The molecule has 1 N–H and O–H groups in total. The van der Waals surface area contributed by atoms with Crippen LogP contribution in [0, 0.1) is 21.4 Å². The summed E-state index contributed by atoms with van der Waals surface area (Å²) < 4.78 is 5.60. The highest BCUT2D eigenvalue weighted by molar-refractivity contribution is 5.60. The van der Waals surface area contributed by atoms with Gasteiger partial charge in [-0.05, 0) is 17.7 Å². The van der Waals surface area contributed by atoms with E-state index in [4.69, 9.17) is 4.42 Å². The van der Waals surface area contributed by atoms with Gasteiger partial charge >= 0.3 is 0 Å². The first-order chi connectivity index (χ1) is 11.7. The van der Waals surface area contributed by atoms with E-state index in [-0.39, 0.29) is 23.2 Å². The van der Waals surface area contributed by atoms with Gasteiger partial charge in [-0.25, -0.2) is 0 Å². The van der Waals surface area contributed by atoms with Crippen molar-refractivity contribution >= 4 is 11.6 Å². The molecule has 3 rings (SSSR count). The van der Waals surface area contributed by atoms with Crippen molar-refractivity contribution in [1.82, 2.24) is 4.98 Å². The fraction of sp³-hybridized carbons (Fsp3) is 0.0588. The van der Waals surface area contributed by atoms with Crippen molar-refractivity contribution in [2.75, 3.05) is 5.32 Å². The standard InChI is InChI=1S/C17H12N4O3/c18-10-15-17(19-11-12-4-2-1-3-5-12)24-16(20-15)13-6-8-14(9-7-13)21(22)23/h1-9,19H,11H2. The third-order valence-electron chi connectivity index (χ3n) is 3.35. The lowest BCUT2D eigenvalue weighted by atomic mass is 10.2. The number of nitrogens with zero attached hydrogens (tertiary/aromatic N) is 3. The lowest BCUT2D eigenvalue weighted by molar-refractivity contribution is -0.384. The second kappa shape index (κ2) is 6.62. The summed E-state index contributed by atoms with van der Waals surface area (Å²) in [6, 6.07) is 17.4. The highest BCUT2D eigenvalue weighted by Crippen LogP contribution is 2.27. The van der Waals surface area contributed by atoms with Gasteiger partial charge in [0.05, 0.1) is 4.92 Å². The van der Waals surface area contributed by atoms with E-state index in [0.29, 0.717) is 12.1 Å². The van der Waals surface area contributed by atoms with E-state index >= 15 is 0 Å². The second-order valence-corrected chi connectivity index (χ2v) is 4.95. The predicted molar refractivity (Wildman–Crippen MR) is 87.1 cm³/mol. The first-order valence-electron chi connectivity index (χ1n) is 7.11. The van der Waals surface area contributed by atoms with Crippen molar-refractivity contribution in [3.63, 3.8) is 0 Å². The lowest BCUT2D eigenvalue weighted by Crippen LogP contribution is -1.99. The average molecular weight is 320 g/mol. The molecule has 7 heteroatoms. The zero-order valence-electron chi connectivity index (χ0n) is 12.5.